The lowest BCUT2D eigenvalue weighted by Crippen LogP contribution is -2.30. The molecule has 2 amide bonds. The summed E-state index contributed by atoms with van der Waals surface area (Å²) in [5.41, 5.74) is 6.82. The highest BCUT2D eigenvalue weighted by molar-refractivity contribution is 6.09. The monoisotopic (exact) mass is 406 g/mol. The number of nitrogens with one attached hydrogen (secondary N) is 1. The smallest absolute Gasteiger partial charge is 0.265 e. The second kappa shape index (κ2) is 9.00. The van der Waals surface area contributed by atoms with Gasteiger partial charge in [0.25, 0.3) is 5.91 Å². The number of ketones is 1. The third kappa shape index (κ3) is 5.08. The summed E-state index contributed by atoms with van der Waals surface area (Å²) < 4.78 is 18.6. The zero-order valence-corrected chi connectivity index (χ0v) is 16.1. The number of carbonyl (C=O) groups excluding carboxylic acids is 3. The Morgan fingerprint density at radius 3 is 1.87 bits per heavy atom. The number of ether oxygens (including phenoxy) is 1. The zero-order valence-electron chi connectivity index (χ0n) is 16.1. The van der Waals surface area contributed by atoms with Crippen molar-refractivity contribution in [3.8, 4) is 5.75 Å². The summed E-state index contributed by atoms with van der Waals surface area (Å²) in [4.78, 5) is 35.8. The molecule has 0 fully saturated rings. The van der Waals surface area contributed by atoms with Gasteiger partial charge in [-0.25, -0.2) is 4.39 Å². The van der Waals surface area contributed by atoms with E-state index < -0.39 is 17.8 Å². The normalized spacial score (nSPS) is 11.4. The highest BCUT2D eigenvalue weighted by Gasteiger charge is 2.16. The van der Waals surface area contributed by atoms with Crippen LogP contribution in [0.3, 0.4) is 0 Å². The van der Waals surface area contributed by atoms with Gasteiger partial charge in [-0.1, -0.05) is 0 Å². The molecule has 0 heterocycles. The standard InChI is InChI=1S/C23H19FN2O4/c1-14(23(29)26-19-10-4-17(5-11-19)22(25)28)30-20-12-6-16(7-13-20)21(27)15-2-8-18(24)9-3-15/h2-14H,1H3,(H2,25,28)(H,26,29)/t14-/m0/s1. The van der Waals surface area contributed by atoms with Crippen molar-refractivity contribution in [3.05, 3.63) is 95.3 Å². The molecular weight excluding hydrogens is 387 g/mol. The number of halogens is 1. The number of anilines is 1. The first kappa shape index (κ1) is 20.7. The average Bonchev–Trinajstić information content (AvgIpc) is 2.74. The van der Waals surface area contributed by atoms with Gasteiger partial charge in [-0.15, -0.1) is 0 Å². The average molecular weight is 406 g/mol. The molecule has 30 heavy (non-hydrogen) atoms. The summed E-state index contributed by atoms with van der Waals surface area (Å²) in [5.74, 6) is -1.17. The number of hydrogen-bond acceptors (Lipinski definition) is 4. The molecule has 0 radical (unpaired) electrons. The molecule has 0 saturated heterocycles. The van der Waals surface area contributed by atoms with Gasteiger partial charge >= 0.3 is 0 Å². The summed E-state index contributed by atoms with van der Waals surface area (Å²) in [6, 6.07) is 17.8. The van der Waals surface area contributed by atoms with Crippen LogP contribution in [0.15, 0.2) is 72.8 Å². The van der Waals surface area contributed by atoms with Crippen LogP contribution in [-0.2, 0) is 4.79 Å². The summed E-state index contributed by atoms with van der Waals surface area (Å²) >= 11 is 0. The fourth-order valence-electron chi connectivity index (χ4n) is 2.67. The van der Waals surface area contributed by atoms with E-state index >= 15 is 0 Å². The third-order valence-corrected chi connectivity index (χ3v) is 4.34. The molecule has 3 rings (SSSR count). The van der Waals surface area contributed by atoms with Crippen molar-refractivity contribution < 1.29 is 23.5 Å². The second-order valence-electron chi connectivity index (χ2n) is 6.55. The lowest BCUT2D eigenvalue weighted by molar-refractivity contribution is -0.122. The molecule has 3 aromatic carbocycles. The fraction of sp³-hybridized carbons (Fsp3) is 0.0870. The first-order valence-corrected chi connectivity index (χ1v) is 9.11. The molecule has 1 atom stereocenters. The van der Waals surface area contributed by atoms with Crippen LogP contribution in [-0.4, -0.2) is 23.7 Å². The van der Waals surface area contributed by atoms with Crippen LogP contribution in [0.4, 0.5) is 10.1 Å². The molecule has 0 spiro atoms. The molecule has 0 aromatic heterocycles. The number of benzene rings is 3. The van der Waals surface area contributed by atoms with E-state index in [4.69, 9.17) is 10.5 Å². The van der Waals surface area contributed by atoms with Crippen molar-refractivity contribution in [2.24, 2.45) is 5.73 Å². The van der Waals surface area contributed by atoms with E-state index in [0.29, 0.717) is 28.1 Å². The number of rotatable bonds is 7. The number of primary amides is 1. The predicted octanol–water partition coefficient (Wildman–Crippen LogP) is 3.56. The minimum atomic E-state index is -0.806. The Labute approximate surface area is 172 Å². The molecular formula is C23H19FN2O4. The van der Waals surface area contributed by atoms with E-state index in [-0.39, 0.29) is 11.7 Å². The number of hydrogen-bond donors (Lipinski definition) is 2. The van der Waals surface area contributed by atoms with Gasteiger partial charge in [-0.3, -0.25) is 14.4 Å². The van der Waals surface area contributed by atoms with Crippen LogP contribution < -0.4 is 15.8 Å². The van der Waals surface area contributed by atoms with Crippen LogP contribution >= 0.6 is 0 Å². The minimum Gasteiger partial charge on any atom is -0.481 e. The van der Waals surface area contributed by atoms with Gasteiger partial charge in [-0.05, 0) is 79.7 Å². The van der Waals surface area contributed by atoms with Crippen LogP contribution in [0, 0.1) is 5.82 Å². The van der Waals surface area contributed by atoms with Crippen LogP contribution in [0.5, 0.6) is 5.75 Å². The van der Waals surface area contributed by atoms with Crippen molar-refractivity contribution >= 4 is 23.3 Å². The molecule has 0 saturated carbocycles. The van der Waals surface area contributed by atoms with Crippen LogP contribution in [0.1, 0.15) is 33.2 Å². The maximum absolute atomic E-state index is 13.0. The first-order chi connectivity index (χ1) is 14.3. The maximum Gasteiger partial charge on any atom is 0.265 e. The summed E-state index contributed by atoms with van der Waals surface area (Å²) in [5, 5.41) is 2.68. The Bertz CT molecular complexity index is 1060. The summed E-state index contributed by atoms with van der Waals surface area (Å²) in [7, 11) is 0. The highest BCUT2D eigenvalue weighted by atomic mass is 19.1. The fourth-order valence-corrected chi connectivity index (χ4v) is 2.67. The zero-order chi connectivity index (χ0) is 21.7. The van der Waals surface area contributed by atoms with E-state index in [1.165, 1.54) is 36.4 Å². The first-order valence-electron chi connectivity index (χ1n) is 9.11. The Morgan fingerprint density at radius 2 is 1.33 bits per heavy atom. The van der Waals surface area contributed by atoms with Gasteiger partial charge in [0, 0.05) is 22.4 Å². The molecule has 152 valence electrons. The Morgan fingerprint density at radius 1 is 0.833 bits per heavy atom. The highest BCUT2D eigenvalue weighted by Crippen LogP contribution is 2.18. The Hall–Kier alpha value is -4.00. The van der Waals surface area contributed by atoms with Crippen LogP contribution in [0.2, 0.25) is 0 Å². The largest absolute Gasteiger partial charge is 0.481 e. The second-order valence-corrected chi connectivity index (χ2v) is 6.55. The summed E-state index contributed by atoms with van der Waals surface area (Å²) in [6.45, 7) is 1.59. The molecule has 0 bridgehead atoms. The quantitative estimate of drug-likeness (QED) is 0.586. The van der Waals surface area contributed by atoms with E-state index in [1.807, 2.05) is 0 Å². The lowest BCUT2D eigenvalue weighted by atomic mass is 10.0. The topological polar surface area (TPSA) is 98.5 Å². The maximum atomic E-state index is 13.0. The molecule has 0 aliphatic carbocycles. The van der Waals surface area contributed by atoms with Crippen molar-refractivity contribution in [3.63, 3.8) is 0 Å². The van der Waals surface area contributed by atoms with Gasteiger partial charge < -0.3 is 15.8 Å². The van der Waals surface area contributed by atoms with Gasteiger partial charge in [0.15, 0.2) is 11.9 Å². The van der Waals surface area contributed by atoms with Gasteiger partial charge in [0.2, 0.25) is 5.91 Å². The number of amides is 2. The lowest BCUT2D eigenvalue weighted by Gasteiger charge is -2.15. The minimum absolute atomic E-state index is 0.244. The van der Waals surface area contributed by atoms with Crippen molar-refractivity contribution in [1.29, 1.82) is 0 Å². The molecule has 3 aromatic rings. The predicted molar refractivity (Wildman–Crippen MR) is 110 cm³/mol. The van der Waals surface area contributed by atoms with E-state index in [1.54, 1.807) is 43.3 Å². The molecule has 7 heteroatoms. The number of carbonyl (C=O) groups is 3. The molecule has 0 aliphatic rings. The summed E-state index contributed by atoms with van der Waals surface area (Å²) in [6.07, 6.45) is -0.806. The van der Waals surface area contributed by atoms with Crippen LogP contribution in [0.25, 0.3) is 0 Å². The molecule has 0 unspecified atom stereocenters. The van der Waals surface area contributed by atoms with E-state index in [2.05, 4.69) is 5.32 Å². The van der Waals surface area contributed by atoms with E-state index in [9.17, 15) is 18.8 Å². The Kier molecular flexibility index (Phi) is 6.22. The number of nitrogens with two attached hydrogens (primary N) is 1. The molecule has 3 N–H and O–H groups in total. The van der Waals surface area contributed by atoms with E-state index in [0.717, 1.165) is 0 Å². The molecule has 0 aliphatic heterocycles. The van der Waals surface area contributed by atoms with Crippen molar-refractivity contribution in [1.82, 2.24) is 0 Å². The van der Waals surface area contributed by atoms with Crippen molar-refractivity contribution in [2.45, 2.75) is 13.0 Å². The van der Waals surface area contributed by atoms with Gasteiger partial charge in [0.1, 0.15) is 11.6 Å². The SMILES string of the molecule is C[C@H](Oc1ccc(C(=O)c2ccc(F)cc2)cc1)C(=O)Nc1ccc(C(N)=O)cc1. The van der Waals surface area contributed by atoms with Gasteiger partial charge in [0.05, 0.1) is 0 Å². The Balaban J connectivity index is 1.60. The van der Waals surface area contributed by atoms with Gasteiger partial charge in [-0.2, -0.15) is 0 Å². The molecule has 6 nitrogen and oxygen atoms in total. The third-order valence-electron chi connectivity index (χ3n) is 4.34. The van der Waals surface area contributed by atoms with Crippen molar-refractivity contribution in [2.75, 3.05) is 5.32 Å².